The molecule has 2 N–H and O–H groups in total. The Labute approximate surface area is 207 Å². The van der Waals surface area contributed by atoms with Crippen molar-refractivity contribution in [3.05, 3.63) is 0 Å². The third kappa shape index (κ3) is 2.88. The molecule has 0 aliphatic heterocycles. The van der Waals surface area contributed by atoms with Crippen LogP contribution in [0.1, 0.15) is 106 Å². The van der Waals surface area contributed by atoms with Gasteiger partial charge in [-0.3, -0.25) is 4.79 Å². The van der Waals surface area contributed by atoms with Crippen molar-refractivity contribution in [2.45, 2.75) is 118 Å². The van der Waals surface area contributed by atoms with Gasteiger partial charge in [0, 0.05) is 0 Å². The maximum absolute atomic E-state index is 13.3. The summed E-state index contributed by atoms with van der Waals surface area (Å²) in [6.07, 6.45) is 10.1. The number of aliphatic hydroxyl groups excluding tert-OH is 2. The predicted octanol–water partition coefficient (Wildman–Crippen LogP) is 5.98. The van der Waals surface area contributed by atoms with Crippen molar-refractivity contribution in [2.75, 3.05) is 7.11 Å². The fraction of sp³-hybridized carbons (Fsp3) is 0.967. The van der Waals surface area contributed by atoms with Gasteiger partial charge in [0.15, 0.2) is 0 Å². The number of carbonyl (C=O) groups is 1. The fourth-order valence-electron chi connectivity index (χ4n) is 11.7. The summed E-state index contributed by atoms with van der Waals surface area (Å²) in [6, 6.07) is 0. The first kappa shape index (κ1) is 25.1. The van der Waals surface area contributed by atoms with Crippen molar-refractivity contribution in [3.63, 3.8) is 0 Å². The number of hydrogen-bond acceptors (Lipinski definition) is 4. The van der Waals surface area contributed by atoms with Crippen LogP contribution >= 0.6 is 0 Å². The minimum Gasteiger partial charge on any atom is -0.469 e. The van der Waals surface area contributed by atoms with E-state index in [1.165, 1.54) is 19.3 Å². The zero-order valence-electron chi connectivity index (χ0n) is 22.8. The van der Waals surface area contributed by atoms with E-state index in [2.05, 4.69) is 34.6 Å². The molecule has 5 fully saturated rings. The maximum atomic E-state index is 13.3. The van der Waals surface area contributed by atoms with E-state index in [0.717, 1.165) is 44.9 Å². The highest BCUT2D eigenvalue weighted by Crippen LogP contribution is 2.77. The molecule has 11 unspecified atom stereocenters. The van der Waals surface area contributed by atoms with Crippen molar-refractivity contribution in [1.82, 2.24) is 0 Å². The number of fused-ring (bicyclic) bond motifs is 7. The molecule has 194 valence electrons. The Bertz CT molecular complexity index is 836. The molecule has 5 aliphatic rings. The lowest BCUT2D eigenvalue weighted by atomic mass is 9.32. The summed E-state index contributed by atoms with van der Waals surface area (Å²) in [5, 5.41) is 21.7. The number of rotatable bonds is 2. The van der Waals surface area contributed by atoms with Gasteiger partial charge in [-0.05, 0) is 122 Å². The summed E-state index contributed by atoms with van der Waals surface area (Å²) in [7, 11) is 1.55. The first-order valence-corrected chi connectivity index (χ1v) is 14.2. The van der Waals surface area contributed by atoms with E-state index in [-0.39, 0.29) is 51.7 Å². The van der Waals surface area contributed by atoms with E-state index >= 15 is 0 Å². The Morgan fingerprint density at radius 1 is 0.853 bits per heavy atom. The molecule has 0 aromatic carbocycles. The highest BCUT2D eigenvalue weighted by molar-refractivity contribution is 5.78. The van der Waals surface area contributed by atoms with Crippen LogP contribution < -0.4 is 0 Å². The topological polar surface area (TPSA) is 66.8 Å². The zero-order valence-corrected chi connectivity index (χ0v) is 22.8. The lowest BCUT2D eigenvalue weighted by Gasteiger charge is -2.72. The molecule has 4 nitrogen and oxygen atoms in total. The van der Waals surface area contributed by atoms with Crippen LogP contribution in [0.15, 0.2) is 0 Å². The van der Waals surface area contributed by atoms with Gasteiger partial charge >= 0.3 is 5.97 Å². The second kappa shape index (κ2) is 7.70. The summed E-state index contributed by atoms with van der Waals surface area (Å²) < 4.78 is 5.44. The lowest BCUT2D eigenvalue weighted by molar-refractivity contribution is -0.250. The van der Waals surface area contributed by atoms with E-state index in [0.29, 0.717) is 17.8 Å². The molecule has 0 aromatic heterocycles. The Kier molecular flexibility index (Phi) is 5.67. The van der Waals surface area contributed by atoms with Gasteiger partial charge in [0.1, 0.15) is 0 Å². The summed E-state index contributed by atoms with van der Waals surface area (Å²) in [5.41, 5.74) is 0.237. The van der Waals surface area contributed by atoms with Gasteiger partial charge in [0.2, 0.25) is 0 Å². The maximum Gasteiger partial charge on any atom is 0.312 e. The van der Waals surface area contributed by atoms with Crippen LogP contribution in [-0.2, 0) is 9.53 Å². The van der Waals surface area contributed by atoms with Gasteiger partial charge in [0.05, 0.1) is 24.7 Å². The molecular weight excluding hydrogens is 424 g/mol. The smallest absolute Gasteiger partial charge is 0.312 e. The molecule has 0 saturated heterocycles. The molecule has 0 heterocycles. The molecule has 5 saturated carbocycles. The molecule has 4 heteroatoms. The van der Waals surface area contributed by atoms with Crippen molar-refractivity contribution in [1.29, 1.82) is 0 Å². The summed E-state index contributed by atoms with van der Waals surface area (Å²) in [5.74, 6) is 2.09. The largest absolute Gasteiger partial charge is 0.469 e. The molecule has 34 heavy (non-hydrogen) atoms. The number of hydrogen-bond donors (Lipinski definition) is 2. The van der Waals surface area contributed by atoms with Crippen molar-refractivity contribution in [3.8, 4) is 0 Å². The van der Waals surface area contributed by atoms with Crippen LogP contribution in [0.3, 0.4) is 0 Å². The fourth-order valence-corrected chi connectivity index (χ4v) is 11.7. The van der Waals surface area contributed by atoms with E-state index in [9.17, 15) is 15.0 Å². The Hall–Kier alpha value is -0.610. The van der Waals surface area contributed by atoms with Crippen molar-refractivity contribution >= 4 is 5.97 Å². The van der Waals surface area contributed by atoms with Crippen LogP contribution in [0.2, 0.25) is 0 Å². The molecule has 0 amide bonds. The van der Waals surface area contributed by atoms with Crippen molar-refractivity contribution < 1.29 is 19.7 Å². The van der Waals surface area contributed by atoms with Crippen LogP contribution in [0.4, 0.5) is 0 Å². The average Bonchev–Trinajstić information content (AvgIpc) is 3.18. The summed E-state index contributed by atoms with van der Waals surface area (Å²) in [6.45, 7) is 14.3. The van der Waals surface area contributed by atoms with Crippen LogP contribution in [0, 0.1) is 56.7 Å². The van der Waals surface area contributed by atoms with E-state index in [1.54, 1.807) is 7.11 Å². The highest BCUT2D eigenvalue weighted by Gasteiger charge is 2.72. The SMILES string of the molecule is COC(=O)C12CCC(C(C)O)C1C1CCC3C4(C)CCC(O)C(C)(C)C4CCC3(C)C1(C)CC2. The van der Waals surface area contributed by atoms with E-state index < -0.39 is 5.41 Å². The number of carbonyl (C=O) groups excluding carboxylic acids is 1. The average molecular weight is 475 g/mol. The molecule has 0 bridgehead atoms. The van der Waals surface area contributed by atoms with Gasteiger partial charge in [-0.15, -0.1) is 0 Å². The monoisotopic (exact) mass is 474 g/mol. The first-order chi connectivity index (χ1) is 15.8. The second-order valence-corrected chi connectivity index (χ2v) is 14.7. The number of esters is 1. The van der Waals surface area contributed by atoms with Crippen molar-refractivity contribution in [2.24, 2.45) is 56.7 Å². The molecule has 5 rings (SSSR count). The minimum atomic E-state index is -0.401. The van der Waals surface area contributed by atoms with E-state index in [1.807, 2.05) is 6.92 Å². The number of ether oxygens (including phenoxy) is 1. The van der Waals surface area contributed by atoms with Gasteiger partial charge in [-0.25, -0.2) is 0 Å². The molecule has 0 spiro atoms. The van der Waals surface area contributed by atoms with E-state index in [4.69, 9.17) is 4.74 Å². The summed E-state index contributed by atoms with van der Waals surface area (Å²) >= 11 is 0. The molecule has 0 aromatic rings. The van der Waals surface area contributed by atoms with Gasteiger partial charge < -0.3 is 14.9 Å². The quantitative estimate of drug-likeness (QED) is 0.483. The highest BCUT2D eigenvalue weighted by atomic mass is 16.5. The first-order valence-electron chi connectivity index (χ1n) is 14.2. The Balaban J connectivity index is 1.56. The zero-order chi connectivity index (χ0) is 24.9. The molecular formula is C30H50O4. The number of methoxy groups -OCH3 is 1. The molecule has 11 atom stereocenters. The Morgan fingerprint density at radius 2 is 1.56 bits per heavy atom. The summed E-state index contributed by atoms with van der Waals surface area (Å²) in [4.78, 5) is 13.3. The standard InChI is InChI=1S/C30H50O4/c1-18(31)19-10-15-30(25(33)34-7)17-16-28(5)20(24(19)30)8-9-22-27(4)13-12-23(32)26(2,3)21(27)11-14-29(22,28)6/h18-24,31-32H,8-17H2,1-7H3. The second-order valence-electron chi connectivity index (χ2n) is 14.7. The Morgan fingerprint density at radius 3 is 2.21 bits per heavy atom. The normalized spacial score (nSPS) is 54.7. The van der Waals surface area contributed by atoms with Gasteiger partial charge in [-0.1, -0.05) is 34.6 Å². The van der Waals surface area contributed by atoms with Gasteiger partial charge in [0.25, 0.3) is 0 Å². The minimum absolute atomic E-state index is 0.0198. The third-order valence-electron chi connectivity index (χ3n) is 13.7. The van der Waals surface area contributed by atoms with Crippen LogP contribution in [0.25, 0.3) is 0 Å². The molecule has 0 radical (unpaired) electrons. The van der Waals surface area contributed by atoms with Crippen LogP contribution in [0.5, 0.6) is 0 Å². The predicted molar refractivity (Wildman–Crippen MR) is 134 cm³/mol. The van der Waals surface area contributed by atoms with Crippen LogP contribution in [-0.4, -0.2) is 35.5 Å². The van der Waals surface area contributed by atoms with Gasteiger partial charge in [-0.2, -0.15) is 0 Å². The molecule has 5 aliphatic carbocycles. The number of aliphatic hydroxyl groups is 2. The lowest BCUT2D eigenvalue weighted by Crippen LogP contribution is -2.67. The third-order valence-corrected chi connectivity index (χ3v) is 13.7.